The van der Waals surface area contributed by atoms with Crippen molar-refractivity contribution in [3.63, 3.8) is 0 Å². The number of hydrogen-bond acceptors (Lipinski definition) is 5. The van der Waals surface area contributed by atoms with Gasteiger partial charge in [-0.25, -0.2) is 9.97 Å². The fourth-order valence-electron chi connectivity index (χ4n) is 3.48. The van der Waals surface area contributed by atoms with E-state index in [1.807, 2.05) is 35.0 Å². The van der Waals surface area contributed by atoms with E-state index in [0.717, 1.165) is 35.4 Å². The van der Waals surface area contributed by atoms with Crippen LogP contribution in [0.5, 0.6) is 23.3 Å². The molecular formula is C28H32N2O2S. The van der Waals surface area contributed by atoms with E-state index in [0.29, 0.717) is 23.6 Å². The van der Waals surface area contributed by atoms with Crippen LogP contribution in [-0.2, 0) is 12.8 Å². The first kappa shape index (κ1) is 23.2. The molecule has 2 heterocycles. The van der Waals surface area contributed by atoms with E-state index in [4.69, 9.17) is 9.47 Å². The van der Waals surface area contributed by atoms with Crippen LogP contribution >= 0.6 is 11.3 Å². The van der Waals surface area contributed by atoms with Crippen molar-refractivity contribution in [3.8, 4) is 23.3 Å². The number of hydrogen-bond donors (Lipinski definition) is 0. The average Bonchev–Trinajstić information content (AvgIpc) is 3.25. The maximum atomic E-state index is 6.13. The van der Waals surface area contributed by atoms with Gasteiger partial charge in [0.15, 0.2) is 0 Å². The highest BCUT2D eigenvalue weighted by molar-refractivity contribution is 7.09. The predicted octanol–water partition coefficient (Wildman–Crippen LogP) is 8.45. The number of fused-ring (bicyclic) bond motifs is 1. The molecule has 4 nitrogen and oxygen atoms in total. The van der Waals surface area contributed by atoms with Crippen LogP contribution in [0.1, 0.15) is 51.7 Å². The molecular weight excluding hydrogens is 428 g/mol. The van der Waals surface area contributed by atoms with Gasteiger partial charge in [0.05, 0.1) is 0 Å². The first-order valence-electron chi connectivity index (χ1n) is 11.7. The summed E-state index contributed by atoms with van der Waals surface area (Å²) >= 11 is 1.57. The zero-order valence-electron chi connectivity index (χ0n) is 19.9. The summed E-state index contributed by atoms with van der Waals surface area (Å²) in [6, 6.07) is 16.4. The topological polar surface area (TPSA) is 44.2 Å². The minimum atomic E-state index is 0.375. The highest BCUT2D eigenvalue weighted by atomic mass is 32.1. The van der Waals surface area contributed by atoms with Crippen LogP contribution in [0, 0.1) is 11.8 Å². The lowest BCUT2D eigenvalue weighted by Crippen LogP contribution is -1.97. The summed E-state index contributed by atoms with van der Waals surface area (Å²) in [4.78, 5) is 9.35. The molecule has 0 amide bonds. The van der Waals surface area contributed by atoms with Gasteiger partial charge in [0.25, 0.3) is 11.8 Å². The van der Waals surface area contributed by atoms with E-state index in [1.54, 1.807) is 11.3 Å². The molecule has 4 rings (SSSR count). The lowest BCUT2D eigenvalue weighted by Gasteiger charge is -2.12. The third-order valence-electron chi connectivity index (χ3n) is 5.55. The molecule has 0 aliphatic carbocycles. The number of aromatic nitrogens is 2. The van der Waals surface area contributed by atoms with Crippen LogP contribution in [0.15, 0.2) is 59.3 Å². The van der Waals surface area contributed by atoms with E-state index in [9.17, 15) is 0 Å². The number of thiophene rings is 1. The summed E-state index contributed by atoms with van der Waals surface area (Å²) in [6.07, 6.45) is 4.49. The molecule has 0 bridgehead atoms. The number of nitrogens with zero attached hydrogens (tertiary/aromatic N) is 2. The molecule has 0 N–H and O–H groups in total. The molecule has 0 aliphatic heterocycles. The molecule has 0 saturated carbocycles. The molecule has 0 fully saturated rings. The lowest BCUT2D eigenvalue weighted by molar-refractivity contribution is 0.394. The second kappa shape index (κ2) is 10.8. The normalized spacial score (nSPS) is 11.5. The van der Waals surface area contributed by atoms with E-state index in [-0.39, 0.29) is 0 Å². The van der Waals surface area contributed by atoms with Crippen molar-refractivity contribution in [1.82, 2.24) is 9.97 Å². The summed E-state index contributed by atoms with van der Waals surface area (Å²) in [7, 11) is 0. The highest BCUT2D eigenvalue weighted by Crippen LogP contribution is 2.34. The van der Waals surface area contributed by atoms with E-state index in [1.165, 1.54) is 24.0 Å². The van der Waals surface area contributed by atoms with Crippen LogP contribution in [0.2, 0.25) is 0 Å². The summed E-state index contributed by atoms with van der Waals surface area (Å²) < 4.78 is 12.3. The molecule has 0 unspecified atom stereocenters. The maximum absolute atomic E-state index is 6.13. The van der Waals surface area contributed by atoms with Gasteiger partial charge in [-0.05, 0) is 72.9 Å². The zero-order chi connectivity index (χ0) is 23.2. The van der Waals surface area contributed by atoms with Gasteiger partial charge in [-0.1, -0.05) is 52.0 Å². The number of ether oxygens (including phenoxy) is 2. The Morgan fingerprint density at radius 1 is 0.636 bits per heavy atom. The van der Waals surface area contributed by atoms with Crippen molar-refractivity contribution in [1.29, 1.82) is 0 Å². The number of rotatable bonds is 10. The fraction of sp³-hybridized carbons (Fsp3) is 0.357. The minimum Gasteiger partial charge on any atom is -0.435 e. The Labute approximate surface area is 200 Å². The first-order chi connectivity index (χ1) is 16.0. The smallest absolute Gasteiger partial charge is 0.284 e. The van der Waals surface area contributed by atoms with Gasteiger partial charge in [0.2, 0.25) is 0 Å². The minimum absolute atomic E-state index is 0.375. The molecule has 172 valence electrons. The Kier molecular flexibility index (Phi) is 7.61. The molecule has 2 aromatic carbocycles. The van der Waals surface area contributed by atoms with Crippen molar-refractivity contribution in [2.75, 3.05) is 0 Å². The Morgan fingerprint density at radius 2 is 1.03 bits per heavy atom. The second-order valence-corrected chi connectivity index (χ2v) is 10.1. The van der Waals surface area contributed by atoms with Crippen LogP contribution < -0.4 is 9.47 Å². The molecule has 0 atom stereocenters. The van der Waals surface area contributed by atoms with Crippen LogP contribution in [0.3, 0.4) is 0 Å². The summed E-state index contributed by atoms with van der Waals surface area (Å²) in [6.45, 7) is 8.99. The lowest BCUT2D eigenvalue weighted by atomic mass is 10.0. The molecule has 0 aliphatic rings. The first-order valence-corrected chi connectivity index (χ1v) is 12.7. The molecule has 0 radical (unpaired) electrons. The van der Waals surface area contributed by atoms with Gasteiger partial charge in [0.1, 0.15) is 22.5 Å². The van der Waals surface area contributed by atoms with Crippen molar-refractivity contribution in [2.45, 2.75) is 53.4 Å². The van der Waals surface area contributed by atoms with Gasteiger partial charge in [-0.15, -0.1) is 11.3 Å². The van der Waals surface area contributed by atoms with Crippen molar-refractivity contribution in [3.05, 3.63) is 70.4 Å². The van der Waals surface area contributed by atoms with E-state index >= 15 is 0 Å². The van der Waals surface area contributed by atoms with Gasteiger partial charge >= 0.3 is 0 Å². The monoisotopic (exact) mass is 460 g/mol. The molecule has 5 heteroatoms. The van der Waals surface area contributed by atoms with Gasteiger partial charge in [-0.3, -0.25) is 0 Å². The largest absolute Gasteiger partial charge is 0.435 e. The Balaban J connectivity index is 1.52. The third-order valence-corrected chi connectivity index (χ3v) is 6.26. The summed E-state index contributed by atoms with van der Waals surface area (Å²) in [5, 5.41) is 3.94. The maximum Gasteiger partial charge on any atom is 0.284 e. The zero-order valence-corrected chi connectivity index (χ0v) is 20.7. The summed E-state index contributed by atoms with van der Waals surface area (Å²) in [5.41, 5.74) is 4.23. The van der Waals surface area contributed by atoms with Crippen LogP contribution in [-0.4, -0.2) is 9.97 Å². The van der Waals surface area contributed by atoms with Crippen LogP contribution in [0.25, 0.3) is 11.0 Å². The van der Waals surface area contributed by atoms with Gasteiger partial charge < -0.3 is 9.47 Å². The van der Waals surface area contributed by atoms with Crippen molar-refractivity contribution in [2.24, 2.45) is 11.8 Å². The predicted molar refractivity (Wildman–Crippen MR) is 137 cm³/mol. The molecule has 0 spiro atoms. The Hall–Kier alpha value is -2.92. The van der Waals surface area contributed by atoms with E-state index < -0.39 is 0 Å². The third kappa shape index (κ3) is 6.55. The second-order valence-electron chi connectivity index (χ2n) is 9.33. The molecule has 33 heavy (non-hydrogen) atoms. The fourth-order valence-corrected chi connectivity index (χ4v) is 4.15. The molecule has 0 saturated heterocycles. The van der Waals surface area contributed by atoms with Gasteiger partial charge in [0, 0.05) is 10.8 Å². The number of aryl methyl sites for hydroxylation is 2. The average molecular weight is 461 g/mol. The van der Waals surface area contributed by atoms with Crippen LogP contribution in [0.4, 0.5) is 0 Å². The Morgan fingerprint density at radius 3 is 1.39 bits per heavy atom. The van der Waals surface area contributed by atoms with Crippen molar-refractivity contribution >= 4 is 22.4 Å². The van der Waals surface area contributed by atoms with Gasteiger partial charge in [-0.2, -0.15) is 0 Å². The SMILES string of the molecule is CC(C)CCc1ccc(Oc2nc3cscc3nc2Oc2ccc(CCC(C)C)cc2)cc1. The standard InChI is InChI=1S/C28H32N2O2S/c1-19(2)5-7-21-9-13-23(14-10-21)31-27-28(30-26-18-33-17-25(26)29-27)32-24-15-11-22(12-16-24)8-6-20(3)4/h9-20H,5-8H2,1-4H3. The quantitative estimate of drug-likeness (QED) is 0.238. The number of benzene rings is 2. The molecule has 2 aromatic heterocycles. The molecule has 4 aromatic rings. The van der Waals surface area contributed by atoms with Crippen molar-refractivity contribution < 1.29 is 9.47 Å². The summed E-state index contributed by atoms with van der Waals surface area (Å²) in [5.74, 6) is 3.58. The highest BCUT2D eigenvalue weighted by Gasteiger charge is 2.15. The van der Waals surface area contributed by atoms with E-state index in [2.05, 4.69) is 61.9 Å². The Bertz CT molecular complexity index is 1070.